The van der Waals surface area contributed by atoms with Crippen molar-refractivity contribution < 1.29 is 0 Å². The van der Waals surface area contributed by atoms with E-state index in [2.05, 4.69) is 60.0 Å². The molecule has 0 saturated heterocycles. The summed E-state index contributed by atoms with van der Waals surface area (Å²) in [5.74, 6) is 0. The molecule has 108 valence electrons. The molecular formula is C16H22BrN3. The Labute approximate surface area is 129 Å². The number of rotatable bonds is 4. The molecule has 0 saturated carbocycles. The quantitative estimate of drug-likeness (QED) is 0.922. The first kappa shape index (κ1) is 15.3. The van der Waals surface area contributed by atoms with Crippen LogP contribution in [0.2, 0.25) is 0 Å². The highest BCUT2D eigenvalue weighted by molar-refractivity contribution is 9.10. The molecule has 1 unspecified atom stereocenters. The third-order valence-electron chi connectivity index (χ3n) is 3.78. The molecule has 4 heteroatoms. The normalized spacial score (nSPS) is 12.7. The minimum atomic E-state index is -0.00565. The summed E-state index contributed by atoms with van der Waals surface area (Å²) >= 11 is 3.64. The van der Waals surface area contributed by atoms with E-state index in [1.165, 1.54) is 22.4 Å². The molecule has 1 atom stereocenters. The Kier molecular flexibility index (Phi) is 4.66. The fraction of sp³-hybridized carbons (Fsp3) is 0.438. The van der Waals surface area contributed by atoms with Gasteiger partial charge >= 0.3 is 0 Å². The van der Waals surface area contributed by atoms with Gasteiger partial charge in [-0.2, -0.15) is 5.10 Å². The highest BCUT2D eigenvalue weighted by atomic mass is 79.9. The van der Waals surface area contributed by atoms with Gasteiger partial charge in [0.1, 0.15) is 0 Å². The van der Waals surface area contributed by atoms with Crippen molar-refractivity contribution in [3.63, 3.8) is 0 Å². The van der Waals surface area contributed by atoms with E-state index in [4.69, 9.17) is 5.73 Å². The second-order valence-electron chi connectivity index (χ2n) is 5.28. The lowest BCUT2D eigenvalue weighted by atomic mass is 9.94. The molecule has 0 spiro atoms. The van der Waals surface area contributed by atoms with Crippen LogP contribution in [-0.4, -0.2) is 9.78 Å². The molecule has 1 aromatic carbocycles. The van der Waals surface area contributed by atoms with Crippen molar-refractivity contribution in [2.75, 3.05) is 0 Å². The first-order chi connectivity index (χ1) is 9.45. The number of nitrogens with zero attached hydrogens (tertiary/aromatic N) is 2. The molecule has 0 amide bonds. The molecule has 20 heavy (non-hydrogen) atoms. The fourth-order valence-corrected chi connectivity index (χ4v) is 3.23. The van der Waals surface area contributed by atoms with Gasteiger partial charge < -0.3 is 5.73 Å². The summed E-state index contributed by atoms with van der Waals surface area (Å²) in [5.41, 5.74) is 12.4. The first-order valence-electron chi connectivity index (χ1n) is 6.99. The van der Waals surface area contributed by atoms with E-state index in [9.17, 15) is 0 Å². The van der Waals surface area contributed by atoms with Gasteiger partial charge in [-0.25, -0.2) is 0 Å². The van der Waals surface area contributed by atoms with Crippen molar-refractivity contribution in [3.05, 3.63) is 50.8 Å². The van der Waals surface area contributed by atoms with Gasteiger partial charge in [-0.1, -0.05) is 18.2 Å². The summed E-state index contributed by atoms with van der Waals surface area (Å²) in [6, 6.07) is 6.32. The number of nitrogens with two attached hydrogens (primary N) is 1. The standard InChI is InChI=1S/C16H22BrN3/c1-5-20-14(16(17)12(4)19-20)9-13(18)15-10(2)7-6-8-11(15)3/h6-8,13H,5,9,18H2,1-4H3. The van der Waals surface area contributed by atoms with E-state index in [0.29, 0.717) is 0 Å². The van der Waals surface area contributed by atoms with Crippen LogP contribution in [0.15, 0.2) is 22.7 Å². The lowest BCUT2D eigenvalue weighted by Gasteiger charge is -2.18. The van der Waals surface area contributed by atoms with E-state index >= 15 is 0 Å². The molecular weight excluding hydrogens is 314 g/mol. The van der Waals surface area contributed by atoms with Crippen LogP contribution in [0.25, 0.3) is 0 Å². The summed E-state index contributed by atoms with van der Waals surface area (Å²) in [6.07, 6.45) is 0.793. The predicted octanol–water partition coefficient (Wildman–Crippen LogP) is 3.83. The van der Waals surface area contributed by atoms with Crippen molar-refractivity contribution in [2.24, 2.45) is 5.73 Å². The second kappa shape index (κ2) is 6.10. The van der Waals surface area contributed by atoms with Crippen LogP contribution in [0.1, 0.15) is 41.0 Å². The van der Waals surface area contributed by atoms with E-state index in [0.717, 1.165) is 23.1 Å². The molecule has 0 bridgehead atoms. The highest BCUT2D eigenvalue weighted by Gasteiger charge is 2.18. The third kappa shape index (κ3) is 2.81. The largest absolute Gasteiger partial charge is 0.324 e. The van der Waals surface area contributed by atoms with Gasteiger partial charge in [0.15, 0.2) is 0 Å². The van der Waals surface area contributed by atoms with Crippen molar-refractivity contribution in [1.29, 1.82) is 0 Å². The summed E-state index contributed by atoms with van der Waals surface area (Å²) in [5, 5.41) is 4.53. The molecule has 1 aromatic heterocycles. The van der Waals surface area contributed by atoms with Crippen LogP contribution in [0.3, 0.4) is 0 Å². The van der Waals surface area contributed by atoms with Gasteiger partial charge in [-0.05, 0) is 60.3 Å². The maximum absolute atomic E-state index is 6.47. The molecule has 1 heterocycles. The number of aromatic nitrogens is 2. The lowest BCUT2D eigenvalue weighted by Crippen LogP contribution is -2.18. The van der Waals surface area contributed by atoms with Crippen molar-refractivity contribution in [2.45, 2.75) is 46.7 Å². The van der Waals surface area contributed by atoms with E-state index in [1.807, 2.05) is 11.6 Å². The monoisotopic (exact) mass is 335 g/mol. The van der Waals surface area contributed by atoms with Crippen LogP contribution in [0, 0.1) is 20.8 Å². The number of hydrogen-bond donors (Lipinski definition) is 1. The van der Waals surface area contributed by atoms with Gasteiger partial charge in [0.05, 0.1) is 15.9 Å². The van der Waals surface area contributed by atoms with Crippen LogP contribution in [0.4, 0.5) is 0 Å². The highest BCUT2D eigenvalue weighted by Crippen LogP contribution is 2.28. The predicted molar refractivity (Wildman–Crippen MR) is 86.9 cm³/mol. The second-order valence-corrected chi connectivity index (χ2v) is 6.07. The summed E-state index contributed by atoms with van der Waals surface area (Å²) in [6.45, 7) is 9.23. The van der Waals surface area contributed by atoms with Crippen LogP contribution in [-0.2, 0) is 13.0 Å². The van der Waals surface area contributed by atoms with Crippen LogP contribution >= 0.6 is 15.9 Å². The Balaban J connectivity index is 2.35. The number of hydrogen-bond acceptors (Lipinski definition) is 2. The number of aryl methyl sites for hydroxylation is 4. The van der Waals surface area contributed by atoms with Crippen molar-refractivity contribution in [3.8, 4) is 0 Å². The minimum Gasteiger partial charge on any atom is -0.324 e. The Morgan fingerprint density at radius 1 is 1.25 bits per heavy atom. The smallest absolute Gasteiger partial charge is 0.0738 e. The zero-order valence-electron chi connectivity index (χ0n) is 12.6. The Bertz CT molecular complexity index is 596. The molecule has 2 N–H and O–H groups in total. The lowest BCUT2D eigenvalue weighted by molar-refractivity contribution is 0.584. The summed E-state index contributed by atoms with van der Waals surface area (Å²) < 4.78 is 3.12. The van der Waals surface area contributed by atoms with Crippen LogP contribution < -0.4 is 5.73 Å². The van der Waals surface area contributed by atoms with Gasteiger partial charge in [-0.3, -0.25) is 4.68 Å². The van der Waals surface area contributed by atoms with Gasteiger partial charge in [0.25, 0.3) is 0 Å². The minimum absolute atomic E-state index is 0.00565. The average molecular weight is 336 g/mol. The van der Waals surface area contributed by atoms with Crippen molar-refractivity contribution in [1.82, 2.24) is 9.78 Å². The van der Waals surface area contributed by atoms with Gasteiger partial charge in [0.2, 0.25) is 0 Å². The van der Waals surface area contributed by atoms with E-state index in [1.54, 1.807) is 0 Å². The average Bonchev–Trinajstić information content (AvgIpc) is 2.66. The summed E-state index contributed by atoms with van der Waals surface area (Å²) in [7, 11) is 0. The SMILES string of the molecule is CCn1nc(C)c(Br)c1CC(N)c1c(C)cccc1C. The molecule has 0 radical (unpaired) electrons. The van der Waals surface area contributed by atoms with Crippen molar-refractivity contribution >= 4 is 15.9 Å². The molecule has 0 aliphatic carbocycles. The number of benzene rings is 1. The van der Waals surface area contributed by atoms with Crippen LogP contribution in [0.5, 0.6) is 0 Å². The van der Waals surface area contributed by atoms with Gasteiger partial charge in [0, 0.05) is 19.0 Å². The number of halogens is 1. The zero-order valence-corrected chi connectivity index (χ0v) is 14.2. The molecule has 2 rings (SSSR count). The van der Waals surface area contributed by atoms with E-state index < -0.39 is 0 Å². The molecule has 3 nitrogen and oxygen atoms in total. The topological polar surface area (TPSA) is 43.8 Å². The Hall–Kier alpha value is -1.13. The molecule has 2 aromatic rings. The fourth-order valence-electron chi connectivity index (χ4n) is 2.79. The van der Waals surface area contributed by atoms with Gasteiger partial charge in [-0.15, -0.1) is 0 Å². The Morgan fingerprint density at radius 3 is 2.40 bits per heavy atom. The summed E-state index contributed by atoms with van der Waals surface area (Å²) in [4.78, 5) is 0. The molecule has 0 aliphatic rings. The Morgan fingerprint density at radius 2 is 1.85 bits per heavy atom. The maximum atomic E-state index is 6.47. The molecule has 0 fully saturated rings. The van der Waals surface area contributed by atoms with E-state index in [-0.39, 0.29) is 6.04 Å². The zero-order chi connectivity index (χ0) is 14.9. The molecule has 0 aliphatic heterocycles. The maximum Gasteiger partial charge on any atom is 0.0738 e. The third-order valence-corrected chi connectivity index (χ3v) is 4.81. The first-order valence-corrected chi connectivity index (χ1v) is 7.78.